The SMILES string of the molecule is Cc1cccc(CNCC2CCOCO2)c1. The molecule has 1 aromatic carbocycles. The monoisotopic (exact) mass is 221 g/mol. The van der Waals surface area contributed by atoms with Crippen molar-refractivity contribution in [3.8, 4) is 0 Å². The van der Waals surface area contributed by atoms with Crippen LogP contribution >= 0.6 is 0 Å². The Kier molecular flexibility index (Phi) is 4.34. The van der Waals surface area contributed by atoms with E-state index in [1.807, 2.05) is 0 Å². The molecular weight excluding hydrogens is 202 g/mol. The van der Waals surface area contributed by atoms with Gasteiger partial charge in [-0.3, -0.25) is 0 Å². The third-order valence-corrected chi connectivity index (χ3v) is 2.75. The first kappa shape index (κ1) is 11.6. The Morgan fingerprint density at radius 1 is 1.44 bits per heavy atom. The Morgan fingerprint density at radius 2 is 2.38 bits per heavy atom. The van der Waals surface area contributed by atoms with Crippen LogP contribution in [0, 0.1) is 6.92 Å². The van der Waals surface area contributed by atoms with E-state index in [9.17, 15) is 0 Å². The predicted octanol–water partition coefficient (Wildman–Crippen LogP) is 1.85. The molecule has 1 atom stereocenters. The van der Waals surface area contributed by atoms with E-state index < -0.39 is 0 Å². The second-order valence-electron chi connectivity index (χ2n) is 4.22. The summed E-state index contributed by atoms with van der Waals surface area (Å²) in [6.07, 6.45) is 1.29. The highest BCUT2D eigenvalue weighted by Crippen LogP contribution is 2.06. The molecule has 0 saturated carbocycles. The van der Waals surface area contributed by atoms with Crippen LogP contribution in [-0.2, 0) is 16.0 Å². The number of ether oxygens (including phenoxy) is 2. The lowest BCUT2D eigenvalue weighted by atomic mass is 10.1. The fraction of sp³-hybridized carbons (Fsp3) is 0.538. The molecule has 0 amide bonds. The van der Waals surface area contributed by atoms with E-state index in [1.165, 1.54) is 11.1 Å². The maximum atomic E-state index is 5.45. The van der Waals surface area contributed by atoms with Gasteiger partial charge in [-0.25, -0.2) is 0 Å². The van der Waals surface area contributed by atoms with Crippen molar-refractivity contribution in [1.82, 2.24) is 5.32 Å². The van der Waals surface area contributed by atoms with Gasteiger partial charge in [-0.2, -0.15) is 0 Å². The Hall–Kier alpha value is -0.900. The van der Waals surface area contributed by atoms with Crippen LogP contribution in [0.15, 0.2) is 24.3 Å². The second-order valence-corrected chi connectivity index (χ2v) is 4.22. The fourth-order valence-corrected chi connectivity index (χ4v) is 1.86. The van der Waals surface area contributed by atoms with Crippen molar-refractivity contribution in [2.24, 2.45) is 0 Å². The zero-order chi connectivity index (χ0) is 11.2. The summed E-state index contributed by atoms with van der Waals surface area (Å²) in [5.74, 6) is 0. The lowest BCUT2D eigenvalue weighted by molar-refractivity contribution is -0.137. The molecule has 3 nitrogen and oxygen atoms in total. The minimum Gasteiger partial charge on any atom is -0.355 e. The van der Waals surface area contributed by atoms with Gasteiger partial charge in [0.1, 0.15) is 6.79 Å². The summed E-state index contributed by atoms with van der Waals surface area (Å²) >= 11 is 0. The van der Waals surface area contributed by atoms with Crippen LogP contribution in [0.3, 0.4) is 0 Å². The van der Waals surface area contributed by atoms with Crippen LogP contribution in [-0.4, -0.2) is 26.0 Å². The molecule has 16 heavy (non-hydrogen) atoms. The average Bonchev–Trinajstić information content (AvgIpc) is 2.30. The van der Waals surface area contributed by atoms with E-state index in [-0.39, 0.29) is 0 Å². The van der Waals surface area contributed by atoms with Crippen LogP contribution in [0.25, 0.3) is 0 Å². The molecule has 2 rings (SSSR count). The second kappa shape index (κ2) is 5.99. The Morgan fingerprint density at radius 3 is 3.12 bits per heavy atom. The third kappa shape index (κ3) is 3.59. The number of aryl methyl sites for hydroxylation is 1. The van der Waals surface area contributed by atoms with E-state index in [0.29, 0.717) is 12.9 Å². The molecule has 0 aromatic heterocycles. The first-order valence-corrected chi connectivity index (χ1v) is 5.80. The number of nitrogens with one attached hydrogen (secondary N) is 1. The zero-order valence-electron chi connectivity index (χ0n) is 9.74. The first-order chi connectivity index (χ1) is 7.84. The van der Waals surface area contributed by atoms with Crippen molar-refractivity contribution in [2.75, 3.05) is 19.9 Å². The van der Waals surface area contributed by atoms with Gasteiger partial charge in [0.15, 0.2) is 0 Å². The minimum absolute atomic E-state index is 0.304. The Labute approximate surface area is 96.8 Å². The van der Waals surface area contributed by atoms with E-state index >= 15 is 0 Å². The van der Waals surface area contributed by atoms with Crippen LogP contribution in [0.5, 0.6) is 0 Å². The summed E-state index contributed by atoms with van der Waals surface area (Å²) in [6, 6.07) is 8.56. The van der Waals surface area contributed by atoms with Gasteiger partial charge in [-0.1, -0.05) is 29.8 Å². The fourth-order valence-electron chi connectivity index (χ4n) is 1.86. The number of benzene rings is 1. The normalized spacial score (nSPS) is 20.9. The highest BCUT2D eigenvalue weighted by Gasteiger charge is 2.12. The molecule has 1 N–H and O–H groups in total. The molecule has 0 aliphatic carbocycles. The molecule has 0 spiro atoms. The van der Waals surface area contributed by atoms with Gasteiger partial charge >= 0.3 is 0 Å². The third-order valence-electron chi connectivity index (χ3n) is 2.75. The van der Waals surface area contributed by atoms with Gasteiger partial charge in [-0.05, 0) is 18.9 Å². The summed E-state index contributed by atoms with van der Waals surface area (Å²) in [7, 11) is 0. The predicted molar refractivity (Wildman–Crippen MR) is 63.2 cm³/mol. The lowest BCUT2D eigenvalue weighted by Crippen LogP contribution is -2.33. The van der Waals surface area contributed by atoms with E-state index in [4.69, 9.17) is 9.47 Å². The van der Waals surface area contributed by atoms with Crippen LogP contribution in [0.1, 0.15) is 17.5 Å². The maximum Gasteiger partial charge on any atom is 0.147 e. The largest absolute Gasteiger partial charge is 0.355 e. The van der Waals surface area contributed by atoms with Crippen molar-refractivity contribution in [1.29, 1.82) is 0 Å². The van der Waals surface area contributed by atoms with Crippen molar-refractivity contribution in [3.63, 3.8) is 0 Å². The van der Waals surface area contributed by atoms with Gasteiger partial charge in [0.2, 0.25) is 0 Å². The topological polar surface area (TPSA) is 30.5 Å². The van der Waals surface area contributed by atoms with Gasteiger partial charge in [0.05, 0.1) is 12.7 Å². The quantitative estimate of drug-likeness (QED) is 0.841. The van der Waals surface area contributed by atoms with Crippen molar-refractivity contribution < 1.29 is 9.47 Å². The van der Waals surface area contributed by atoms with Crippen LogP contribution in [0.2, 0.25) is 0 Å². The average molecular weight is 221 g/mol. The van der Waals surface area contributed by atoms with Crippen molar-refractivity contribution >= 4 is 0 Å². The number of hydrogen-bond donors (Lipinski definition) is 1. The van der Waals surface area contributed by atoms with Crippen molar-refractivity contribution in [2.45, 2.75) is 26.0 Å². The molecular formula is C13H19NO2. The summed E-state index contributed by atoms with van der Waals surface area (Å²) in [6.45, 7) is 5.18. The van der Waals surface area contributed by atoms with Gasteiger partial charge in [0.25, 0.3) is 0 Å². The standard InChI is InChI=1S/C13H19NO2/c1-11-3-2-4-12(7-11)8-14-9-13-5-6-15-10-16-13/h2-4,7,13-14H,5-6,8-10H2,1H3. The maximum absolute atomic E-state index is 5.45. The Balaban J connectivity index is 1.71. The van der Waals surface area contributed by atoms with E-state index in [0.717, 1.165) is 26.1 Å². The van der Waals surface area contributed by atoms with Crippen molar-refractivity contribution in [3.05, 3.63) is 35.4 Å². The number of hydrogen-bond acceptors (Lipinski definition) is 3. The summed E-state index contributed by atoms with van der Waals surface area (Å²) < 4.78 is 10.6. The minimum atomic E-state index is 0.304. The molecule has 1 aromatic rings. The molecule has 0 bridgehead atoms. The summed E-state index contributed by atoms with van der Waals surface area (Å²) in [4.78, 5) is 0. The lowest BCUT2D eigenvalue weighted by Gasteiger charge is -2.23. The van der Waals surface area contributed by atoms with Crippen LogP contribution < -0.4 is 5.32 Å². The smallest absolute Gasteiger partial charge is 0.147 e. The molecule has 3 heteroatoms. The van der Waals surface area contributed by atoms with Crippen LogP contribution in [0.4, 0.5) is 0 Å². The number of rotatable bonds is 4. The zero-order valence-corrected chi connectivity index (χ0v) is 9.74. The molecule has 1 fully saturated rings. The highest BCUT2D eigenvalue weighted by molar-refractivity contribution is 5.21. The van der Waals surface area contributed by atoms with Gasteiger partial charge in [0, 0.05) is 13.1 Å². The summed E-state index contributed by atoms with van der Waals surface area (Å²) in [5.41, 5.74) is 2.63. The molecule has 0 radical (unpaired) electrons. The van der Waals surface area contributed by atoms with Gasteiger partial charge in [-0.15, -0.1) is 0 Å². The van der Waals surface area contributed by atoms with Gasteiger partial charge < -0.3 is 14.8 Å². The summed E-state index contributed by atoms with van der Waals surface area (Å²) in [5, 5.41) is 3.42. The van der Waals surface area contributed by atoms with E-state index in [2.05, 4.69) is 36.5 Å². The van der Waals surface area contributed by atoms with E-state index in [1.54, 1.807) is 0 Å². The molecule has 88 valence electrons. The Bertz CT molecular complexity index is 321. The molecule has 1 heterocycles. The molecule has 1 aliphatic heterocycles. The molecule has 1 aliphatic rings. The molecule has 1 unspecified atom stereocenters. The highest BCUT2D eigenvalue weighted by atomic mass is 16.7. The molecule has 1 saturated heterocycles. The first-order valence-electron chi connectivity index (χ1n) is 5.80.